The summed E-state index contributed by atoms with van der Waals surface area (Å²) in [4.78, 5) is 13.9. The molecule has 0 spiro atoms. The van der Waals surface area contributed by atoms with Crippen molar-refractivity contribution in [3.05, 3.63) is 23.9 Å². The van der Waals surface area contributed by atoms with Crippen LogP contribution < -0.4 is 5.73 Å². The molecule has 4 heteroatoms. The Labute approximate surface area is 84.8 Å². The van der Waals surface area contributed by atoms with E-state index in [1.807, 2.05) is 27.7 Å². The third kappa shape index (κ3) is 5.13. The fraction of sp³-hybridized carbons (Fsp3) is 0.400. The minimum Gasteiger partial charge on any atom is -0.478 e. The number of carbonyl (C=O) groups is 1. The van der Waals surface area contributed by atoms with E-state index in [2.05, 4.69) is 4.98 Å². The number of carboxylic acids is 1. The van der Waals surface area contributed by atoms with Crippen molar-refractivity contribution in [2.75, 3.05) is 5.73 Å². The Morgan fingerprint density at radius 3 is 2.14 bits per heavy atom. The van der Waals surface area contributed by atoms with Gasteiger partial charge in [-0.05, 0) is 12.1 Å². The van der Waals surface area contributed by atoms with Crippen LogP contribution in [0.15, 0.2) is 18.3 Å². The Balaban J connectivity index is 0. The van der Waals surface area contributed by atoms with Crippen LogP contribution in [-0.2, 0) is 0 Å². The molecule has 0 aromatic carbocycles. The van der Waals surface area contributed by atoms with Crippen molar-refractivity contribution < 1.29 is 9.90 Å². The number of rotatable bonds is 1. The lowest BCUT2D eigenvalue weighted by molar-refractivity contribution is 0.0697. The predicted octanol–water partition coefficient (Wildman–Crippen LogP) is 2.41. The number of hydrogen-bond acceptors (Lipinski definition) is 3. The summed E-state index contributed by atoms with van der Waals surface area (Å²) >= 11 is 0. The van der Waals surface area contributed by atoms with Gasteiger partial charge in [-0.3, -0.25) is 0 Å². The normalized spacial score (nSPS) is 7.43. The Hall–Kier alpha value is -1.58. The number of hydrogen-bond donors (Lipinski definition) is 2. The van der Waals surface area contributed by atoms with Gasteiger partial charge >= 0.3 is 5.97 Å². The summed E-state index contributed by atoms with van der Waals surface area (Å²) in [5, 5.41) is 8.45. The lowest BCUT2D eigenvalue weighted by Gasteiger charge is -1.95. The van der Waals surface area contributed by atoms with E-state index in [1.54, 1.807) is 0 Å². The molecule has 0 radical (unpaired) electrons. The molecule has 14 heavy (non-hydrogen) atoms. The highest BCUT2D eigenvalue weighted by Crippen LogP contribution is 2.05. The minimum absolute atomic E-state index is 0.0440. The van der Waals surface area contributed by atoms with Gasteiger partial charge in [0, 0.05) is 6.20 Å². The van der Waals surface area contributed by atoms with Crippen molar-refractivity contribution in [1.29, 1.82) is 0 Å². The summed E-state index contributed by atoms with van der Waals surface area (Å²) in [5.41, 5.74) is 5.27. The van der Waals surface area contributed by atoms with Crippen molar-refractivity contribution in [3.63, 3.8) is 0 Å². The maximum atomic E-state index is 10.3. The average Bonchev–Trinajstić information content (AvgIpc) is 2.24. The predicted molar refractivity (Wildman–Crippen MR) is 58.3 cm³/mol. The number of pyridine rings is 1. The maximum absolute atomic E-state index is 10.3. The van der Waals surface area contributed by atoms with Crippen LogP contribution in [0.5, 0.6) is 0 Å². The van der Waals surface area contributed by atoms with Crippen molar-refractivity contribution in [2.24, 2.45) is 0 Å². The van der Waals surface area contributed by atoms with Crippen molar-refractivity contribution in [3.8, 4) is 0 Å². The fourth-order valence-electron chi connectivity index (χ4n) is 0.598. The quantitative estimate of drug-likeness (QED) is 0.726. The molecule has 0 aliphatic heterocycles. The van der Waals surface area contributed by atoms with Crippen molar-refractivity contribution >= 4 is 11.8 Å². The number of nitrogens with two attached hydrogens (primary N) is 1. The van der Waals surface area contributed by atoms with Crippen LogP contribution in [0, 0.1) is 0 Å². The molecule has 1 heterocycles. The van der Waals surface area contributed by atoms with Crippen LogP contribution in [0.25, 0.3) is 0 Å². The topological polar surface area (TPSA) is 76.2 Å². The largest absolute Gasteiger partial charge is 0.478 e. The van der Waals surface area contributed by atoms with Crippen LogP contribution in [-0.4, -0.2) is 16.1 Å². The van der Waals surface area contributed by atoms with Gasteiger partial charge in [-0.2, -0.15) is 0 Å². The highest BCUT2D eigenvalue weighted by atomic mass is 16.4. The van der Waals surface area contributed by atoms with Gasteiger partial charge in [0.15, 0.2) is 0 Å². The number of aromatic nitrogens is 1. The third-order valence-electron chi connectivity index (χ3n) is 1.07. The van der Waals surface area contributed by atoms with E-state index >= 15 is 0 Å². The molecular formula is C10H18N2O2. The first-order valence-corrected chi connectivity index (χ1v) is 4.65. The van der Waals surface area contributed by atoms with Gasteiger partial charge in [0.25, 0.3) is 0 Å². The molecule has 1 rings (SSSR count). The van der Waals surface area contributed by atoms with Gasteiger partial charge in [-0.25, -0.2) is 9.78 Å². The van der Waals surface area contributed by atoms with Crippen LogP contribution in [0.2, 0.25) is 0 Å². The first-order valence-electron chi connectivity index (χ1n) is 4.65. The Morgan fingerprint density at radius 1 is 1.36 bits per heavy atom. The summed E-state index contributed by atoms with van der Waals surface area (Å²) in [7, 11) is 0. The Kier molecular flexibility index (Phi) is 10.1. The fourth-order valence-corrected chi connectivity index (χ4v) is 0.598. The molecule has 0 saturated carbocycles. The van der Waals surface area contributed by atoms with Crippen LogP contribution in [0.1, 0.15) is 38.1 Å². The molecule has 1 aromatic rings. The average molecular weight is 198 g/mol. The van der Waals surface area contributed by atoms with Crippen LogP contribution in [0.3, 0.4) is 0 Å². The molecule has 3 N–H and O–H groups in total. The molecular weight excluding hydrogens is 180 g/mol. The highest BCUT2D eigenvalue weighted by molar-refractivity contribution is 5.92. The standard InChI is InChI=1S/C6H6N2O2.2C2H6/c7-5-4(6(9)10)2-1-3-8-5;2*1-2/h1-3H,(H2,7,8)(H,9,10);2*1-2H3. The monoisotopic (exact) mass is 198 g/mol. The molecule has 0 aliphatic carbocycles. The minimum atomic E-state index is -1.05. The number of nitrogens with zero attached hydrogens (tertiary/aromatic N) is 1. The Bertz CT molecular complexity index is 262. The van der Waals surface area contributed by atoms with E-state index < -0.39 is 5.97 Å². The van der Waals surface area contributed by atoms with E-state index in [4.69, 9.17) is 10.8 Å². The molecule has 0 saturated heterocycles. The van der Waals surface area contributed by atoms with Crippen LogP contribution >= 0.6 is 0 Å². The van der Waals surface area contributed by atoms with Gasteiger partial charge in [-0.15, -0.1) is 0 Å². The SMILES string of the molecule is CC.CC.Nc1ncccc1C(=O)O. The number of nitrogen functional groups attached to an aromatic ring is 1. The zero-order valence-electron chi connectivity index (χ0n) is 9.11. The smallest absolute Gasteiger partial charge is 0.339 e. The van der Waals surface area contributed by atoms with Crippen molar-refractivity contribution in [1.82, 2.24) is 4.98 Å². The van der Waals surface area contributed by atoms with E-state index in [0.29, 0.717) is 0 Å². The summed E-state index contributed by atoms with van der Waals surface area (Å²) in [5.74, 6) is -0.999. The second-order valence-corrected chi connectivity index (χ2v) is 1.74. The maximum Gasteiger partial charge on any atom is 0.339 e. The third-order valence-corrected chi connectivity index (χ3v) is 1.07. The number of anilines is 1. The van der Waals surface area contributed by atoms with E-state index in [9.17, 15) is 4.79 Å². The molecule has 0 aliphatic rings. The molecule has 4 nitrogen and oxygen atoms in total. The first-order chi connectivity index (χ1) is 6.72. The summed E-state index contributed by atoms with van der Waals surface area (Å²) in [6, 6.07) is 2.94. The van der Waals surface area contributed by atoms with Gasteiger partial charge in [0.1, 0.15) is 11.4 Å². The number of aromatic carboxylic acids is 1. The van der Waals surface area contributed by atoms with E-state index in [-0.39, 0.29) is 11.4 Å². The summed E-state index contributed by atoms with van der Waals surface area (Å²) in [6.07, 6.45) is 1.45. The Morgan fingerprint density at radius 2 is 1.86 bits per heavy atom. The van der Waals surface area contributed by atoms with Crippen LogP contribution in [0.4, 0.5) is 5.82 Å². The summed E-state index contributed by atoms with van der Waals surface area (Å²) in [6.45, 7) is 8.00. The molecule has 80 valence electrons. The van der Waals surface area contributed by atoms with Crippen molar-refractivity contribution in [2.45, 2.75) is 27.7 Å². The van der Waals surface area contributed by atoms with Gasteiger partial charge in [0.2, 0.25) is 0 Å². The second-order valence-electron chi connectivity index (χ2n) is 1.74. The van der Waals surface area contributed by atoms with Gasteiger partial charge in [0.05, 0.1) is 0 Å². The molecule has 0 fully saturated rings. The van der Waals surface area contributed by atoms with E-state index in [1.165, 1.54) is 18.3 Å². The molecule has 0 atom stereocenters. The first kappa shape index (κ1) is 14.9. The van der Waals surface area contributed by atoms with Gasteiger partial charge < -0.3 is 10.8 Å². The molecule has 0 unspecified atom stereocenters. The molecule has 0 amide bonds. The zero-order chi connectivity index (χ0) is 11.6. The lowest BCUT2D eigenvalue weighted by atomic mass is 10.3. The summed E-state index contributed by atoms with van der Waals surface area (Å²) < 4.78 is 0. The molecule has 1 aromatic heterocycles. The molecule has 0 bridgehead atoms. The number of carboxylic acid groups (broad SMARTS) is 1. The van der Waals surface area contributed by atoms with E-state index in [0.717, 1.165) is 0 Å². The highest BCUT2D eigenvalue weighted by Gasteiger charge is 2.05. The second kappa shape index (κ2) is 9.51. The lowest BCUT2D eigenvalue weighted by Crippen LogP contribution is -2.03. The van der Waals surface area contributed by atoms with Gasteiger partial charge in [-0.1, -0.05) is 27.7 Å². The zero-order valence-corrected chi connectivity index (χ0v) is 9.11.